The summed E-state index contributed by atoms with van der Waals surface area (Å²) in [5.74, 6) is -1.13. The molecule has 0 radical (unpaired) electrons. The molecule has 1 unspecified atom stereocenters. The number of carbonyl (C=O) groups excluding carboxylic acids is 3. The van der Waals surface area contributed by atoms with E-state index in [4.69, 9.17) is 11.6 Å². The van der Waals surface area contributed by atoms with Gasteiger partial charge in [-0.1, -0.05) is 41.9 Å². The number of hydrogen-bond acceptors (Lipinski definition) is 4. The number of urea groups is 1. The SMILES string of the molecule is CC1(CCc2ccccc2)NC(=O)N(NC(=O)c2ccc(Cl)nc2)C1=O. The van der Waals surface area contributed by atoms with Gasteiger partial charge in [0, 0.05) is 6.20 Å². The van der Waals surface area contributed by atoms with Crippen LogP contribution in [0.4, 0.5) is 4.79 Å². The number of nitrogens with one attached hydrogen (secondary N) is 2. The lowest BCUT2D eigenvalue weighted by molar-refractivity contribution is -0.132. The smallest absolute Gasteiger partial charge is 0.322 e. The molecule has 1 fully saturated rings. The van der Waals surface area contributed by atoms with Crippen LogP contribution in [0.2, 0.25) is 5.15 Å². The van der Waals surface area contributed by atoms with Crippen molar-refractivity contribution in [2.75, 3.05) is 0 Å². The van der Waals surface area contributed by atoms with Gasteiger partial charge in [0.1, 0.15) is 10.7 Å². The first-order chi connectivity index (χ1) is 12.4. The summed E-state index contributed by atoms with van der Waals surface area (Å²) in [5.41, 5.74) is 2.48. The van der Waals surface area contributed by atoms with Crippen LogP contribution in [0, 0.1) is 0 Å². The summed E-state index contributed by atoms with van der Waals surface area (Å²) in [5, 5.41) is 3.60. The van der Waals surface area contributed by atoms with E-state index in [2.05, 4.69) is 15.7 Å². The van der Waals surface area contributed by atoms with Crippen LogP contribution in [0.15, 0.2) is 48.7 Å². The van der Waals surface area contributed by atoms with Crippen LogP contribution in [0.5, 0.6) is 0 Å². The molecule has 8 heteroatoms. The first-order valence-electron chi connectivity index (χ1n) is 8.02. The van der Waals surface area contributed by atoms with Crippen molar-refractivity contribution in [1.29, 1.82) is 0 Å². The largest absolute Gasteiger partial charge is 0.344 e. The van der Waals surface area contributed by atoms with E-state index in [9.17, 15) is 14.4 Å². The summed E-state index contributed by atoms with van der Waals surface area (Å²) in [4.78, 5) is 40.9. The molecule has 2 N–H and O–H groups in total. The number of aryl methyl sites for hydroxylation is 1. The molecule has 2 aromatic rings. The predicted octanol–water partition coefficient (Wildman–Crippen LogP) is 2.32. The van der Waals surface area contributed by atoms with Gasteiger partial charge in [-0.15, -0.1) is 0 Å². The number of nitrogens with zero attached hydrogens (tertiary/aromatic N) is 2. The number of carbonyl (C=O) groups is 3. The third kappa shape index (κ3) is 3.67. The monoisotopic (exact) mass is 372 g/mol. The molecule has 0 spiro atoms. The third-order valence-electron chi connectivity index (χ3n) is 4.22. The highest BCUT2D eigenvalue weighted by Gasteiger charge is 2.48. The van der Waals surface area contributed by atoms with Gasteiger partial charge < -0.3 is 5.32 Å². The molecule has 1 saturated heterocycles. The molecular formula is C18H17ClN4O3. The van der Waals surface area contributed by atoms with Crippen LogP contribution in [0.25, 0.3) is 0 Å². The molecule has 4 amide bonds. The minimum Gasteiger partial charge on any atom is -0.322 e. The highest BCUT2D eigenvalue weighted by atomic mass is 35.5. The van der Waals surface area contributed by atoms with Crippen LogP contribution in [-0.2, 0) is 11.2 Å². The molecule has 2 heterocycles. The average molecular weight is 373 g/mol. The average Bonchev–Trinajstić information content (AvgIpc) is 2.85. The lowest BCUT2D eigenvalue weighted by atomic mass is 9.93. The number of imide groups is 1. The first-order valence-corrected chi connectivity index (χ1v) is 8.40. The van der Waals surface area contributed by atoms with Crippen molar-refractivity contribution in [2.24, 2.45) is 0 Å². The quantitative estimate of drug-likeness (QED) is 0.622. The zero-order valence-electron chi connectivity index (χ0n) is 14.0. The third-order valence-corrected chi connectivity index (χ3v) is 4.44. The second-order valence-electron chi connectivity index (χ2n) is 6.20. The fourth-order valence-corrected chi connectivity index (χ4v) is 2.78. The molecule has 3 rings (SSSR count). The maximum Gasteiger partial charge on any atom is 0.344 e. The minimum atomic E-state index is -1.08. The van der Waals surface area contributed by atoms with Gasteiger partial charge in [-0.05, 0) is 37.5 Å². The normalized spacial score (nSPS) is 19.4. The van der Waals surface area contributed by atoms with E-state index >= 15 is 0 Å². The molecule has 0 saturated carbocycles. The number of halogens is 1. The van der Waals surface area contributed by atoms with Gasteiger partial charge in [0.05, 0.1) is 5.56 Å². The second-order valence-corrected chi connectivity index (χ2v) is 6.59. The van der Waals surface area contributed by atoms with Gasteiger partial charge in [-0.25, -0.2) is 9.78 Å². The molecule has 1 aromatic carbocycles. The molecule has 1 aliphatic rings. The molecular weight excluding hydrogens is 356 g/mol. The lowest BCUT2D eigenvalue weighted by Gasteiger charge is -2.21. The van der Waals surface area contributed by atoms with Gasteiger partial charge in [0.2, 0.25) is 0 Å². The van der Waals surface area contributed by atoms with Crippen molar-refractivity contribution < 1.29 is 14.4 Å². The summed E-state index contributed by atoms with van der Waals surface area (Å²) < 4.78 is 0. The number of benzene rings is 1. The molecule has 134 valence electrons. The van der Waals surface area contributed by atoms with Gasteiger partial charge in [0.15, 0.2) is 0 Å². The molecule has 0 bridgehead atoms. The number of aromatic nitrogens is 1. The van der Waals surface area contributed by atoms with Crippen molar-refractivity contribution in [1.82, 2.24) is 20.7 Å². The molecule has 7 nitrogen and oxygen atoms in total. The van der Waals surface area contributed by atoms with Crippen LogP contribution < -0.4 is 10.7 Å². The highest BCUT2D eigenvalue weighted by molar-refractivity contribution is 6.29. The Kier molecular flexibility index (Phi) is 4.90. The lowest BCUT2D eigenvalue weighted by Crippen LogP contribution is -2.49. The Bertz CT molecular complexity index is 841. The Morgan fingerprint density at radius 3 is 2.62 bits per heavy atom. The molecule has 1 aliphatic heterocycles. The van der Waals surface area contributed by atoms with E-state index in [1.165, 1.54) is 18.3 Å². The number of hydrazine groups is 1. The fraction of sp³-hybridized carbons (Fsp3) is 0.222. The van der Waals surface area contributed by atoms with Gasteiger partial charge in [-0.2, -0.15) is 5.01 Å². The first kappa shape index (κ1) is 17.9. The number of rotatable bonds is 5. The zero-order valence-corrected chi connectivity index (χ0v) is 14.8. The maximum atomic E-state index is 12.7. The second kappa shape index (κ2) is 7.13. The van der Waals surface area contributed by atoms with E-state index in [1.807, 2.05) is 30.3 Å². The van der Waals surface area contributed by atoms with Crippen molar-refractivity contribution in [3.8, 4) is 0 Å². The summed E-state index contributed by atoms with van der Waals surface area (Å²) >= 11 is 5.68. The van der Waals surface area contributed by atoms with Crippen LogP contribution in [0.3, 0.4) is 0 Å². The van der Waals surface area contributed by atoms with Crippen molar-refractivity contribution in [3.05, 3.63) is 64.9 Å². The van der Waals surface area contributed by atoms with Crippen LogP contribution in [-0.4, -0.2) is 33.4 Å². The number of pyridine rings is 1. The fourth-order valence-electron chi connectivity index (χ4n) is 2.67. The van der Waals surface area contributed by atoms with Crippen LogP contribution in [0.1, 0.15) is 29.3 Å². The van der Waals surface area contributed by atoms with Crippen molar-refractivity contribution in [3.63, 3.8) is 0 Å². The van der Waals surface area contributed by atoms with E-state index in [1.54, 1.807) is 6.92 Å². The van der Waals surface area contributed by atoms with Crippen LogP contribution >= 0.6 is 11.6 Å². The Hall–Kier alpha value is -2.93. The van der Waals surface area contributed by atoms with Gasteiger partial charge in [-0.3, -0.25) is 15.0 Å². The summed E-state index contributed by atoms with van der Waals surface area (Å²) in [6.45, 7) is 1.65. The van der Waals surface area contributed by atoms with Crippen molar-refractivity contribution in [2.45, 2.75) is 25.3 Å². The summed E-state index contributed by atoms with van der Waals surface area (Å²) in [6.07, 6.45) is 2.30. The maximum absolute atomic E-state index is 12.7. The molecule has 1 atom stereocenters. The topological polar surface area (TPSA) is 91.4 Å². The van der Waals surface area contributed by atoms with Gasteiger partial charge in [0.25, 0.3) is 11.8 Å². The van der Waals surface area contributed by atoms with E-state index in [-0.39, 0.29) is 10.7 Å². The molecule has 26 heavy (non-hydrogen) atoms. The number of amides is 4. The predicted molar refractivity (Wildman–Crippen MR) is 95.3 cm³/mol. The van der Waals surface area contributed by atoms with E-state index in [0.717, 1.165) is 5.56 Å². The highest BCUT2D eigenvalue weighted by Crippen LogP contribution is 2.22. The summed E-state index contributed by atoms with van der Waals surface area (Å²) in [6, 6.07) is 11.9. The Labute approximate surface area is 155 Å². The Morgan fingerprint density at radius 2 is 1.96 bits per heavy atom. The van der Waals surface area contributed by atoms with Gasteiger partial charge >= 0.3 is 6.03 Å². The summed E-state index contributed by atoms with van der Waals surface area (Å²) in [7, 11) is 0. The molecule has 0 aliphatic carbocycles. The van der Waals surface area contributed by atoms with E-state index in [0.29, 0.717) is 17.9 Å². The Morgan fingerprint density at radius 1 is 1.23 bits per heavy atom. The Balaban J connectivity index is 1.67. The minimum absolute atomic E-state index is 0.188. The standard InChI is InChI=1S/C18H17ClN4O3/c1-18(10-9-12-5-3-2-4-6-12)16(25)23(17(26)21-18)22-15(24)13-7-8-14(19)20-11-13/h2-8,11H,9-10H2,1H3,(H,21,26)(H,22,24). The molecule has 1 aromatic heterocycles. The number of hydrogen-bond donors (Lipinski definition) is 2. The zero-order chi connectivity index (χ0) is 18.7. The van der Waals surface area contributed by atoms with Crippen molar-refractivity contribution >= 4 is 29.4 Å². The van der Waals surface area contributed by atoms with E-state index < -0.39 is 23.4 Å².